The number of ether oxygens (including phenoxy) is 2. The molecule has 5 heteroatoms. The normalized spacial score (nSPS) is 17.0. The van der Waals surface area contributed by atoms with Gasteiger partial charge in [-0.05, 0) is 36.8 Å². The molecule has 2 aromatic carbocycles. The summed E-state index contributed by atoms with van der Waals surface area (Å²) in [5, 5.41) is 0. The van der Waals surface area contributed by atoms with Gasteiger partial charge in [0.05, 0.1) is 13.0 Å². The third-order valence-electron chi connectivity index (χ3n) is 4.05. The molecule has 5 nitrogen and oxygen atoms in total. The molecule has 2 aromatic rings. The van der Waals surface area contributed by atoms with Crippen LogP contribution in [0.15, 0.2) is 48.5 Å². The van der Waals surface area contributed by atoms with E-state index in [0.717, 1.165) is 11.3 Å². The van der Waals surface area contributed by atoms with Gasteiger partial charge in [-0.25, -0.2) is 0 Å². The molecule has 1 saturated heterocycles. The first-order chi connectivity index (χ1) is 11.6. The summed E-state index contributed by atoms with van der Waals surface area (Å²) in [6.45, 7) is 2.30. The number of esters is 1. The monoisotopic (exact) mass is 325 g/mol. The Labute approximate surface area is 140 Å². The van der Waals surface area contributed by atoms with E-state index in [-0.39, 0.29) is 12.3 Å². The second-order valence-corrected chi connectivity index (χ2v) is 5.82. The number of para-hydroxylation sites is 2. The average Bonchev–Trinajstić information content (AvgIpc) is 2.97. The van der Waals surface area contributed by atoms with Crippen molar-refractivity contribution in [1.82, 2.24) is 0 Å². The van der Waals surface area contributed by atoms with E-state index in [1.807, 2.05) is 31.2 Å². The average molecular weight is 325 g/mol. The van der Waals surface area contributed by atoms with E-state index in [2.05, 4.69) is 0 Å². The molecule has 1 heterocycles. The standard InChI is InChI=1S/C19H19NO4/c1-13-6-5-7-15(10-13)20-12-14(11-18(20)21)19(22)24-17-9-4-3-8-16(17)23-2/h3-10,14H,11-12H2,1-2H3/t14-/m0/s1. The number of carbonyl (C=O) groups excluding carboxylic acids is 2. The lowest BCUT2D eigenvalue weighted by molar-refractivity contribution is -0.139. The van der Waals surface area contributed by atoms with E-state index < -0.39 is 11.9 Å². The minimum absolute atomic E-state index is 0.0671. The minimum atomic E-state index is -0.483. The van der Waals surface area contributed by atoms with Gasteiger partial charge in [-0.15, -0.1) is 0 Å². The third kappa shape index (κ3) is 3.25. The molecule has 0 spiro atoms. The molecule has 3 rings (SSSR count). The highest BCUT2D eigenvalue weighted by atomic mass is 16.6. The Morgan fingerprint density at radius 3 is 2.58 bits per heavy atom. The lowest BCUT2D eigenvalue weighted by atomic mass is 10.1. The van der Waals surface area contributed by atoms with Crippen molar-refractivity contribution in [1.29, 1.82) is 0 Å². The molecule has 24 heavy (non-hydrogen) atoms. The summed E-state index contributed by atoms with van der Waals surface area (Å²) >= 11 is 0. The fourth-order valence-electron chi connectivity index (χ4n) is 2.81. The molecular weight excluding hydrogens is 306 g/mol. The SMILES string of the molecule is COc1ccccc1OC(=O)[C@H]1CC(=O)N(c2cccc(C)c2)C1. The molecule has 0 unspecified atom stereocenters. The van der Waals surface area contributed by atoms with Crippen LogP contribution in [0.2, 0.25) is 0 Å². The first-order valence-corrected chi connectivity index (χ1v) is 7.80. The van der Waals surface area contributed by atoms with Gasteiger partial charge in [0.1, 0.15) is 0 Å². The highest BCUT2D eigenvalue weighted by molar-refractivity contribution is 5.99. The van der Waals surface area contributed by atoms with Crippen LogP contribution >= 0.6 is 0 Å². The van der Waals surface area contributed by atoms with Crippen molar-refractivity contribution in [2.45, 2.75) is 13.3 Å². The lowest BCUT2D eigenvalue weighted by Gasteiger charge is -2.17. The van der Waals surface area contributed by atoms with Crippen molar-refractivity contribution >= 4 is 17.6 Å². The fraction of sp³-hybridized carbons (Fsp3) is 0.263. The second-order valence-electron chi connectivity index (χ2n) is 5.82. The maximum absolute atomic E-state index is 12.4. The van der Waals surface area contributed by atoms with Crippen LogP contribution < -0.4 is 14.4 Å². The van der Waals surface area contributed by atoms with E-state index >= 15 is 0 Å². The van der Waals surface area contributed by atoms with Crippen molar-refractivity contribution < 1.29 is 19.1 Å². The van der Waals surface area contributed by atoms with E-state index in [9.17, 15) is 9.59 Å². The van der Waals surface area contributed by atoms with Gasteiger partial charge < -0.3 is 14.4 Å². The summed E-state index contributed by atoms with van der Waals surface area (Å²) in [6.07, 6.45) is 0.155. The molecule has 0 saturated carbocycles. The van der Waals surface area contributed by atoms with E-state index in [1.54, 1.807) is 29.2 Å². The van der Waals surface area contributed by atoms with Crippen molar-refractivity contribution in [3.05, 3.63) is 54.1 Å². The van der Waals surface area contributed by atoms with Crippen LogP contribution in [0.25, 0.3) is 0 Å². The fourth-order valence-corrected chi connectivity index (χ4v) is 2.81. The summed E-state index contributed by atoms with van der Waals surface area (Å²) in [5.74, 6) is -0.106. The number of nitrogens with zero attached hydrogens (tertiary/aromatic N) is 1. The summed E-state index contributed by atoms with van der Waals surface area (Å²) in [4.78, 5) is 26.3. The molecular formula is C19H19NO4. The van der Waals surface area contributed by atoms with Gasteiger partial charge in [0, 0.05) is 18.7 Å². The molecule has 1 aliphatic heterocycles. The zero-order valence-electron chi connectivity index (χ0n) is 13.7. The zero-order chi connectivity index (χ0) is 17.1. The first kappa shape index (κ1) is 16.1. The van der Waals surface area contributed by atoms with Crippen LogP contribution in [0.5, 0.6) is 11.5 Å². The largest absolute Gasteiger partial charge is 0.493 e. The topological polar surface area (TPSA) is 55.8 Å². The van der Waals surface area contributed by atoms with Crippen LogP contribution in [0.3, 0.4) is 0 Å². The highest BCUT2D eigenvalue weighted by Crippen LogP contribution is 2.30. The number of hydrogen-bond acceptors (Lipinski definition) is 4. The number of carbonyl (C=O) groups is 2. The van der Waals surface area contributed by atoms with Gasteiger partial charge in [0.2, 0.25) is 5.91 Å². The molecule has 0 N–H and O–H groups in total. The zero-order valence-corrected chi connectivity index (χ0v) is 13.7. The highest BCUT2D eigenvalue weighted by Gasteiger charge is 2.36. The van der Waals surface area contributed by atoms with Gasteiger partial charge in [-0.3, -0.25) is 9.59 Å². The Hall–Kier alpha value is -2.82. The van der Waals surface area contributed by atoms with Gasteiger partial charge in [0.15, 0.2) is 11.5 Å². The molecule has 0 aliphatic carbocycles. The number of rotatable bonds is 4. The van der Waals surface area contributed by atoms with Gasteiger partial charge in [-0.1, -0.05) is 24.3 Å². The van der Waals surface area contributed by atoms with Crippen LogP contribution in [-0.2, 0) is 9.59 Å². The van der Waals surface area contributed by atoms with Gasteiger partial charge >= 0.3 is 5.97 Å². The number of benzene rings is 2. The summed E-state index contributed by atoms with van der Waals surface area (Å²) < 4.78 is 10.6. The number of methoxy groups -OCH3 is 1. The molecule has 0 radical (unpaired) electrons. The van der Waals surface area contributed by atoms with E-state index in [4.69, 9.17) is 9.47 Å². The molecule has 1 atom stereocenters. The number of anilines is 1. The van der Waals surface area contributed by atoms with Crippen molar-refractivity contribution in [3.63, 3.8) is 0 Å². The molecule has 0 bridgehead atoms. The minimum Gasteiger partial charge on any atom is -0.493 e. The van der Waals surface area contributed by atoms with Crippen molar-refractivity contribution in [2.75, 3.05) is 18.6 Å². The Bertz CT molecular complexity index is 771. The molecule has 1 aliphatic rings. The van der Waals surface area contributed by atoms with Crippen molar-refractivity contribution in [2.24, 2.45) is 5.92 Å². The van der Waals surface area contributed by atoms with Gasteiger partial charge in [0.25, 0.3) is 0 Å². The van der Waals surface area contributed by atoms with Gasteiger partial charge in [-0.2, -0.15) is 0 Å². The summed E-state index contributed by atoms with van der Waals surface area (Å²) in [6, 6.07) is 14.6. The van der Waals surface area contributed by atoms with Crippen LogP contribution in [0, 0.1) is 12.8 Å². The third-order valence-corrected chi connectivity index (χ3v) is 4.05. The summed E-state index contributed by atoms with van der Waals surface area (Å²) in [7, 11) is 1.52. The van der Waals surface area contributed by atoms with Crippen LogP contribution in [0.4, 0.5) is 5.69 Å². The second kappa shape index (κ2) is 6.74. The predicted octanol–water partition coefficient (Wildman–Crippen LogP) is 2.96. The maximum atomic E-state index is 12.4. The Morgan fingerprint density at radius 1 is 1.12 bits per heavy atom. The predicted molar refractivity (Wildman–Crippen MR) is 90.3 cm³/mol. The quantitative estimate of drug-likeness (QED) is 0.640. The Balaban J connectivity index is 1.72. The number of aryl methyl sites for hydroxylation is 1. The summed E-state index contributed by atoms with van der Waals surface area (Å²) in [5.41, 5.74) is 1.88. The Morgan fingerprint density at radius 2 is 1.88 bits per heavy atom. The molecule has 124 valence electrons. The number of amides is 1. The number of hydrogen-bond donors (Lipinski definition) is 0. The molecule has 1 amide bonds. The van der Waals surface area contributed by atoms with E-state index in [0.29, 0.717) is 18.0 Å². The van der Waals surface area contributed by atoms with Crippen LogP contribution in [0.1, 0.15) is 12.0 Å². The van der Waals surface area contributed by atoms with Crippen LogP contribution in [-0.4, -0.2) is 25.5 Å². The smallest absolute Gasteiger partial charge is 0.316 e. The van der Waals surface area contributed by atoms with E-state index in [1.165, 1.54) is 7.11 Å². The Kier molecular flexibility index (Phi) is 4.51. The molecule has 0 aromatic heterocycles. The first-order valence-electron chi connectivity index (χ1n) is 7.80. The molecule has 1 fully saturated rings. The maximum Gasteiger partial charge on any atom is 0.316 e. The van der Waals surface area contributed by atoms with Crippen molar-refractivity contribution in [3.8, 4) is 11.5 Å². The lowest BCUT2D eigenvalue weighted by Crippen LogP contribution is -2.27.